The van der Waals surface area contributed by atoms with Crippen LogP contribution in [0.3, 0.4) is 0 Å². The number of aryl methyl sites for hydroxylation is 1. The molecule has 22 heavy (non-hydrogen) atoms. The Morgan fingerprint density at radius 2 is 2.00 bits per heavy atom. The Hall–Kier alpha value is -1.59. The van der Waals surface area contributed by atoms with Gasteiger partial charge in [-0.15, -0.1) is 11.3 Å². The fraction of sp³-hybridized carbons (Fsp3) is 0.375. The molecule has 2 N–H and O–H groups in total. The predicted molar refractivity (Wildman–Crippen MR) is 92.4 cm³/mol. The summed E-state index contributed by atoms with van der Waals surface area (Å²) in [6.07, 6.45) is 0. The molecule has 6 heteroatoms. The molecule has 0 aliphatic rings. The number of rotatable bonds is 3. The molecule has 1 aromatic heterocycles. The van der Waals surface area contributed by atoms with Crippen molar-refractivity contribution in [1.82, 2.24) is 15.6 Å². The van der Waals surface area contributed by atoms with E-state index in [1.54, 1.807) is 11.3 Å². The van der Waals surface area contributed by atoms with Gasteiger partial charge >= 0.3 is 6.03 Å². The van der Waals surface area contributed by atoms with Gasteiger partial charge in [-0.25, -0.2) is 9.78 Å². The molecule has 2 aromatic rings. The van der Waals surface area contributed by atoms with E-state index in [0.29, 0.717) is 11.6 Å². The number of amides is 2. The lowest BCUT2D eigenvalue weighted by Gasteiger charge is -2.20. The molecule has 1 heterocycles. The summed E-state index contributed by atoms with van der Waals surface area (Å²) < 4.78 is 0. The minimum absolute atomic E-state index is 0.181. The van der Waals surface area contributed by atoms with Crippen molar-refractivity contribution in [2.45, 2.75) is 39.8 Å². The monoisotopic (exact) mass is 337 g/mol. The number of thiazole rings is 1. The molecule has 0 saturated carbocycles. The zero-order chi connectivity index (χ0) is 16.3. The highest BCUT2D eigenvalue weighted by Gasteiger charge is 2.15. The third-order valence-corrected chi connectivity index (χ3v) is 4.42. The number of hydrogen-bond acceptors (Lipinski definition) is 3. The summed E-state index contributed by atoms with van der Waals surface area (Å²) in [6, 6.07) is 7.45. The van der Waals surface area contributed by atoms with Crippen molar-refractivity contribution in [2.75, 3.05) is 0 Å². The van der Waals surface area contributed by atoms with Crippen molar-refractivity contribution in [2.24, 2.45) is 0 Å². The molecule has 2 rings (SSSR count). The van der Waals surface area contributed by atoms with E-state index < -0.39 is 0 Å². The summed E-state index contributed by atoms with van der Waals surface area (Å²) >= 11 is 7.76. The van der Waals surface area contributed by atoms with Gasteiger partial charge in [-0.05, 0) is 33.8 Å². The maximum absolute atomic E-state index is 11.8. The molecular weight excluding hydrogens is 318 g/mol. The summed E-state index contributed by atoms with van der Waals surface area (Å²) in [6.45, 7) is 8.23. The van der Waals surface area contributed by atoms with Crippen LogP contribution in [-0.4, -0.2) is 16.6 Å². The number of benzene rings is 1. The van der Waals surface area contributed by atoms with Crippen LogP contribution in [0.5, 0.6) is 0 Å². The van der Waals surface area contributed by atoms with Crippen molar-refractivity contribution >= 4 is 29.0 Å². The van der Waals surface area contributed by atoms with Crippen LogP contribution in [0.15, 0.2) is 24.3 Å². The van der Waals surface area contributed by atoms with E-state index in [9.17, 15) is 4.79 Å². The average Bonchev–Trinajstić information content (AvgIpc) is 2.76. The van der Waals surface area contributed by atoms with Crippen LogP contribution in [0.2, 0.25) is 5.02 Å². The van der Waals surface area contributed by atoms with Crippen LogP contribution in [0.1, 0.15) is 31.3 Å². The minimum Gasteiger partial charge on any atom is -0.334 e. The Morgan fingerprint density at radius 1 is 1.32 bits per heavy atom. The van der Waals surface area contributed by atoms with Crippen LogP contribution in [0.4, 0.5) is 4.79 Å². The molecule has 0 saturated heterocycles. The van der Waals surface area contributed by atoms with Crippen molar-refractivity contribution in [3.63, 3.8) is 0 Å². The van der Waals surface area contributed by atoms with E-state index in [2.05, 4.69) is 15.6 Å². The van der Waals surface area contributed by atoms with Crippen molar-refractivity contribution in [3.05, 3.63) is 39.9 Å². The number of carbonyl (C=O) groups is 1. The van der Waals surface area contributed by atoms with Crippen LogP contribution < -0.4 is 10.6 Å². The van der Waals surface area contributed by atoms with Crippen molar-refractivity contribution in [1.29, 1.82) is 0 Å². The number of halogens is 1. The first-order valence-electron chi connectivity index (χ1n) is 7.03. The maximum atomic E-state index is 11.8. The van der Waals surface area contributed by atoms with Gasteiger partial charge in [-0.3, -0.25) is 0 Å². The number of hydrogen-bond donors (Lipinski definition) is 2. The number of aromatic nitrogens is 1. The zero-order valence-electron chi connectivity index (χ0n) is 13.2. The third kappa shape index (κ3) is 4.45. The van der Waals surface area contributed by atoms with E-state index >= 15 is 0 Å². The van der Waals surface area contributed by atoms with E-state index in [4.69, 9.17) is 11.6 Å². The van der Waals surface area contributed by atoms with Gasteiger partial charge in [0, 0.05) is 16.0 Å². The second kappa shape index (κ2) is 6.67. The standard InChI is InChI=1S/C16H20ClN3OS/c1-10-13(9-18-15(21)20-16(2,3)4)22-14(19-10)11-7-5-6-8-12(11)17/h5-8H,9H2,1-4H3,(H2,18,20,21). The Morgan fingerprint density at radius 3 is 2.64 bits per heavy atom. The van der Waals surface area contributed by atoms with E-state index in [1.165, 1.54) is 0 Å². The lowest BCUT2D eigenvalue weighted by Crippen LogP contribution is -2.46. The Labute approximate surface area is 139 Å². The number of carbonyl (C=O) groups excluding carboxylic acids is 1. The van der Waals surface area contributed by atoms with Gasteiger partial charge in [0.15, 0.2) is 0 Å². The number of urea groups is 1. The second-order valence-corrected chi connectivity index (χ2v) is 7.56. The van der Waals surface area contributed by atoms with E-state index in [1.807, 2.05) is 52.0 Å². The van der Waals surface area contributed by atoms with Gasteiger partial charge in [0.05, 0.1) is 17.3 Å². The van der Waals surface area contributed by atoms with Crippen molar-refractivity contribution in [3.8, 4) is 10.6 Å². The Kier molecular flexibility index (Phi) is 5.08. The molecule has 2 amide bonds. The topological polar surface area (TPSA) is 54.0 Å². The Balaban J connectivity index is 2.08. The molecule has 118 valence electrons. The molecule has 4 nitrogen and oxygen atoms in total. The molecule has 1 aromatic carbocycles. The van der Waals surface area contributed by atoms with Crippen molar-refractivity contribution < 1.29 is 4.79 Å². The van der Waals surface area contributed by atoms with Crippen LogP contribution in [0.25, 0.3) is 10.6 Å². The SMILES string of the molecule is Cc1nc(-c2ccccc2Cl)sc1CNC(=O)NC(C)(C)C. The molecule has 0 aliphatic carbocycles. The first-order chi connectivity index (χ1) is 10.3. The van der Waals surface area contributed by atoms with Gasteiger partial charge in [0.1, 0.15) is 5.01 Å². The number of nitrogens with zero attached hydrogens (tertiary/aromatic N) is 1. The van der Waals surface area contributed by atoms with Gasteiger partial charge in [0.2, 0.25) is 0 Å². The lowest BCUT2D eigenvalue weighted by molar-refractivity contribution is 0.231. The van der Waals surface area contributed by atoms with E-state index in [0.717, 1.165) is 21.1 Å². The summed E-state index contributed by atoms with van der Waals surface area (Å²) in [4.78, 5) is 17.4. The van der Waals surface area contributed by atoms with E-state index in [-0.39, 0.29) is 11.6 Å². The summed E-state index contributed by atoms with van der Waals surface area (Å²) in [5.41, 5.74) is 1.58. The highest BCUT2D eigenvalue weighted by molar-refractivity contribution is 7.15. The summed E-state index contributed by atoms with van der Waals surface area (Å²) in [7, 11) is 0. The smallest absolute Gasteiger partial charge is 0.315 e. The summed E-state index contributed by atoms with van der Waals surface area (Å²) in [5, 5.41) is 7.29. The molecule has 0 atom stereocenters. The predicted octanol–water partition coefficient (Wildman–Crippen LogP) is 4.37. The molecule has 0 aliphatic heterocycles. The Bertz CT molecular complexity index is 676. The van der Waals surface area contributed by atoms with Crippen LogP contribution in [-0.2, 0) is 6.54 Å². The highest BCUT2D eigenvalue weighted by atomic mass is 35.5. The fourth-order valence-electron chi connectivity index (χ4n) is 1.89. The molecule has 0 bridgehead atoms. The molecule has 0 fully saturated rings. The normalized spacial score (nSPS) is 11.3. The third-order valence-electron chi connectivity index (χ3n) is 2.89. The molecule has 0 unspecified atom stereocenters. The van der Waals surface area contributed by atoms with Gasteiger partial charge in [-0.1, -0.05) is 29.8 Å². The number of nitrogens with one attached hydrogen (secondary N) is 2. The molecule has 0 radical (unpaired) electrons. The van der Waals surface area contributed by atoms with Crippen LogP contribution >= 0.6 is 22.9 Å². The fourth-order valence-corrected chi connectivity index (χ4v) is 3.21. The first kappa shape index (κ1) is 16.8. The highest BCUT2D eigenvalue weighted by Crippen LogP contribution is 2.32. The molecule has 0 spiro atoms. The minimum atomic E-state index is -0.254. The maximum Gasteiger partial charge on any atom is 0.315 e. The lowest BCUT2D eigenvalue weighted by atomic mass is 10.1. The van der Waals surface area contributed by atoms with Gasteiger partial charge in [-0.2, -0.15) is 0 Å². The first-order valence-corrected chi connectivity index (χ1v) is 8.23. The largest absolute Gasteiger partial charge is 0.334 e. The zero-order valence-corrected chi connectivity index (χ0v) is 14.7. The summed E-state index contributed by atoms with van der Waals surface area (Å²) in [5.74, 6) is 0. The van der Waals surface area contributed by atoms with Crippen LogP contribution in [0, 0.1) is 6.92 Å². The quantitative estimate of drug-likeness (QED) is 0.873. The second-order valence-electron chi connectivity index (χ2n) is 6.07. The van der Waals surface area contributed by atoms with Gasteiger partial charge < -0.3 is 10.6 Å². The molecular formula is C16H20ClN3OS. The average molecular weight is 338 g/mol. The van der Waals surface area contributed by atoms with Gasteiger partial charge in [0.25, 0.3) is 0 Å².